The number of alkyl halides is 1. The summed E-state index contributed by atoms with van der Waals surface area (Å²) in [5.41, 5.74) is 1.11. The number of hydrogen-bond donors (Lipinski definition) is 3. The van der Waals surface area contributed by atoms with Crippen molar-refractivity contribution < 1.29 is 19.4 Å². The standard InChI is InChI=1S/C17H25FN2O3/c1-3-20(10-9-12-7-5-4-6-8-12)17(23)14-16(22)13(18)15(21)11(2)19-14/h4-8,11,13-16,19,21-22H,3,9-10H2,1-2H3/t11-,13-,14+,15+,16-/m1/s1. The van der Waals surface area contributed by atoms with Gasteiger partial charge in [0.15, 0.2) is 6.17 Å². The van der Waals surface area contributed by atoms with Gasteiger partial charge in [-0.2, -0.15) is 0 Å². The van der Waals surface area contributed by atoms with Crippen LogP contribution in [0.5, 0.6) is 0 Å². The fourth-order valence-electron chi connectivity index (χ4n) is 2.89. The van der Waals surface area contributed by atoms with E-state index in [1.54, 1.807) is 11.8 Å². The molecule has 0 spiro atoms. The molecule has 0 bridgehead atoms. The first-order chi connectivity index (χ1) is 11.0. The summed E-state index contributed by atoms with van der Waals surface area (Å²) in [6.45, 7) is 4.43. The summed E-state index contributed by atoms with van der Waals surface area (Å²) >= 11 is 0. The van der Waals surface area contributed by atoms with Gasteiger partial charge in [0.25, 0.3) is 0 Å². The molecule has 1 amide bonds. The second-order valence-corrected chi connectivity index (χ2v) is 6.01. The van der Waals surface area contributed by atoms with Crippen LogP contribution >= 0.6 is 0 Å². The highest BCUT2D eigenvalue weighted by atomic mass is 19.1. The van der Waals surface area contributed by atoms with Gasteiger partial charge in [-0.25, -0.2) is 4.39 Å². The van der Waals surface area contributed by atoms with Gasteiger partial charge in [-0.05, 0) is 25.8 Å². The number of carbonyl (C=O) groups is 1. The second-order valence-electron chi connectivity index (χ2n) is 6.01. The number of carbonyl (C=O) groups excluding carboxylic acids is 1. The van der Waals surface area contributed by atoms with Crippen molar-refractivity contribution in [2.24, 2.45) is 0 Å². The summed E-state index contributed by atoms with van der Waals surface area (Å²) in [4.78, 5) is 14.2. The Labute approximate surface area is 136 Å². The van der Waals surface area contributed by atoms with Crippen LogP contribution in [0.15, 0.2) is 30.3 Å². The van der Waals surface area contributed by atoms with E-state index in [1.165, 1.54) is 0 Å². The van der Waals surface area contributed by atoms with E-state index in [-0.39, 0.29) is 5.91 Å². The topological polar surface area (TPSA) is 72.8 Å². The Bertz CT molecular complexity index is 514. The van der Waals surface area contributed by atoms with Gasteiger partial charge in [-0.15, -0.1) is 0 Å². The third kappa shape index (κ3) is 4.07. The molecule has 0 unspecified atom stereocenters. The van der Waals surface area contributed by atoms with E-state index >= 15 is 0 Å². The fourth-order valence-corrected chi connectivity index (χ4v) is 2.89. The molecular formula is C17H25FN2O3. The molecule has 0 aromatic heterocycles. The Kier molecular flexibility index (Phi) is 6.10. The predicted octanol–water partition coefficient (Wildman–Crippen LogP) is 0.498. The van der Waals surface area contributed by atoms with Crippen molar-refractivity contribution in [1.82, 2.24) is 10.2 Å². The largest absolute Gasteiger partial charge is 0.388 e. The van der Waals surface area contributed by atoms with Crippen molar-refractivity contribution in [2.45, 2.75) is 50.7 Å². The van der Waals surface area contributed by atoms with Crippen LogP contribution in [0.2, 0.25) is 0 Å². The second kappa shape index (κ2) is 7.86. The molecule has 5 atom stereocenters. The number of hydrogen-bond acceptors (Lipinski definition) is 4. The molecule has 0 radical (unpaired) electrons. The molecule has 0 saturated carbocycles. The lowest BCUT2D eigenvalue weighted by molar-refractivity contribution is -0.144. The third-order valence-electron chi connectivity index (χ3n) is 4.42. The van der Waals surface area contributed by atoms with Crippen molar-refractivity contribution in [3.63, 3.8) is 0 Å². The van der Waals surface area contributed by atoms with E-state index in [4.69, 9.17) is 0 Å². The molecule has 1 heterocycles. The number of aliphatic hydroxyl groups is 2. The SMILES string of the molecule is CCN(CCc1ccccc1)C(=O)[C@H]1N[C@H](C)[C@H](O)[C@@H](F)[C@H]1O. The highest BCUT2D eigenvalue weighted by Gasteiger charge is 2.45. The van der Waals surface area contributed by atoms with E-state index in [0.717, 1.165) is 5.56 Å². The molecule has 1 aliphatic heterocycles. The molecule has 1 saturated heterocycles. The van der Waals surface area contributed by atoms with Gasteiger partial charge in [-0.3, -0.25) is 10.1 Å². The number of amides is 1. The molecule has 2 rings (SSSR count). The van der Waals surface area contributed by atoms with Gasteiger partial charge in [0.05, 0.1) is 0 Å². The number of nitrogens with one attached hydrogen (secondary N) is 1. The van der Waals surface area contributed by atoms with Crippen molar-refractivity contribution in [3.05, 3.63) is 35.9 Å². The first kappa shape index (κ1) is 17.8. The number of likely N-dealkylation sites (N-methyl/N-ethyl adjacent to an activating group) is 1. The Morgan fingerprint density at radius 2 is 1.91 bits per heavy atom. The molecule has 1 aromatic carbocycles. The van der Waals surface area contributed by atoms with Crippen LogP contribution < -0.4 is 5.32 Å². The molecule has 5 nitrogen and oxygen atoms in total. The predicted molar refractivity (Wildman–Crippen MR) is 85.7 cm³/mol. The highest BCUT2D eigenvalue weighted by molar-refractivity contribution is 5.83. The Hall–Kier alpha value is -1.50. The number of aliphatic hydroxyl groups excluding tert-OH is 2. The fraction of sp³-hybridized carbons (Fsp3) is 0.588. The number of rotatable bonds is 5. The van der Waals surface area contributed by atoms with E-state index in [0.29, 0.717) is 19.5 Å². The maximum atomic E-state index is 13.9. The first-order valence-corrected chi connectivity index (χ1v) is 8.04. The quantitative estimate of drug-likeness (QED) is 0.737. The number of piperidine rings is 1. The number of halogens is 1. The third-order valence-corrected chi connectivity index (χ3v) is 4.42. The highest BCUT2D eigenvalue weighted by Crippen LogP contribution is 2.20. The molecule has 1 aliphatic rings. The van der Waals surface area contributed by atoms with Gasteiger partial charge in [-0.1, -0.05) is 30.3 Å². The van der Waals surface area contributed by atoms with Gasteiger partial charge >= 0.3 is 0 Å². The number of benzene rings is 1. The average molecular weight is 324 g/mol. The van der Waals surface area contributed by atoms with Crippen LogP contribution in [0, 0.1) is 0 Å². The van der Waals surface area contributed by atoms with Crippen LogP contribution in [0.25, 0.3) is 0 Å². The van der Waals surface area contributed by atoms with E-state index in [2.05, 4.69) is 5.32 Å². The lowest BCUT2D eigenvalue weighted by atomic mass is 9.91. The van der Waals surface area contributed by atoms with Gasteiger partial charge < -0.3 is 15.1 Å². The molecule has 1 aromatic rings. The zero-order valence-corrected chi connectivity index (χ0v) is 13.5. The van der Waals surface area contributed by atoms with E-state index in [1.807, 2.05) is 37.3 Å². The minimum Gasteiger partial charge on any atom is -0.388 e. The Balaban J connectivity index is 2.01. The van der Waals surface area contributed by atoms with E-state index < -0.39 is 30.5 Å². The Morgan fingerprint density at radius 3 is 2.52 bits per heavy atom. The van der Waals surface area contributed by atoms with Crippen molar-refractivity contribution >= 4 is 5.91 Å². The smallest absolute Gasteiger partial charge is 0.242 e. The van der Waals surface area contributed by atoms with Crippen LogP contribution in [0.1, 0.15) is 19.4 Å². The van der Waals surface area contributed by atoms with Crippen LogP contribution in [0.4, 0.5) is 4.39 Å². The normalized spacial score (nSPS) is 30.9. The summed E-state index contributed by atoms with van der Waals surface area (Å²) in [6, 6.07) is 8.18. The van der Waals surface area contributed by atoms with Crippen molar-refractivity contribution in [1.29, 1.82) is 0 Å². The van der Waals surface area contributed by atoms with Crippen molar-refractivity contribution in [3.8, 4) is 0 Å². The minimum atomic E-state index is -1.83. The summed E-state index contributed by atoms with van der Waals surface area (Å²) < 4.78 is 13.9. The zero-order valence-electron chi connectivity index (χ0n) is 13.5. The minimum absolute atomic E-state index is 0.336. The molecule has 6 heteroatoms. The average Bonchev–Trinajstić information content (AvgIpc) is 2.57. The van der Waals surface area contributed by atoms with Crippen molar-refractivity contribution in [2.75, 3.05) is 13.1 Å². The summed E-state index contributed by atoms with van der Waals surface area (Å²) in [5, 5.41) is 22.5. The Morgan fingerprint density at radius 1 is 1.26 bits per heavy atom. The lowest BCUT2D eigenvalue weighted by Gasteiger charge is -2.40. The summed E-state index contributed by atoms with van der Waals surface area (Å²) in [5.74, 6) is -0.336. The molecule has 128 valence electrons. The first-order valence-electron chi connectivity index (χ1n) is 8.04. The van der Waals surface area contributed by atoms with Crippen LogP contribution in [-0.4, -0.2) is 64.6 Å². The molecule has 3 N–H and O–H groups in total. The maximum Gasteiger partial charge on any atom is 0.242 e. The molecule has 0 aliphatic carbocycles. The van der Waals surface area contributed by atoms with Crippen LogP contribution in [-0.2, 0) is 11.2 Å². The maximum absolute atomic E-state index is 13.9. The molecular weight excluding hydrogens is 299 g/mol. The summed E-state index contributed by atoms with van der Waals surface area (Å²) in [6.07, 6.45) is -3.98. The zero-order chi connectivity index (χ0) is 17.0. The van der Waals surface area contributed by atoms with Crippen LogP contribution in [0.3, 0.4) is 0 Å². The monoisotopic (exact) mass is 324 g/mol. The summed E-state index contributed by atoms with van der Waals surface area (Å²) in [7, 11) is 0. The molecule has 1 fully saturated rings. The molecule has 23 heavy (non-hydrogen) atoms. The lowest BCUT2D eigenvalue weighted by Crippen LogP contribution is -2.67. The van der Waals surface area contributed by atoms with Gasteiger partial charge in [0.2, 0.25) is 5.91 Å². The van der Waals surface area contributed by atoms with Gasteiger partial charge in [0.1, 0.15) is 18.2 Å². The van der Waals surface area contributed by atoms with E-state index in [9.17, 15) is 19.4 Å². The number of nitrogens with zero attached hydrogens (tertiary/aromatic N) is 1. The van der Waals surface area contributed by atoms with Gasteiger partial charge in [0, 0.05) is 19.1 Å².